The van der Waals surface area contributed by atoms with Crippen LogP contribution in [0.5, 0.6) is 11.5 Å². The highest BCUT2D eigenvalue weighted by Gasteiger charge is 2.32. The Morgan fingerprint density at radius 2 is 1.04 bits per heavy atom. The molecule has 3 heteroatoms. The molecule has 2 aromatic carbocycles. The van der Waals surface area contributed by atoms with Crippen LogP contribution >= 0.6 is 7.92 Å². The Balaban J connectivity index is 2.80. The highest BCUT2D eigenvalue weighted by atomic mass is 31.1. The highest BCUT2D eigenvalue weighted by molar-refractivity contribution is 7.74. The first-order valence-corrected chi connectivity index (χ1v) is 9.27. The zero-order valence-corrected chi connectivity index (χ0v) is 16.0. The van der Waals surface area contributed by atoms with Gasteiger partial charge in [-0.15, -0.1) is 0 Å². The topological polar surface area (TPSA) is 40.5 Å². The Labute approximate surface area is 140 Å². The summed E-state index contributed by atoms with van der Waals surface area (Å²) in [5.41, 5.74) is 4.05. The Hall–Kier alpha value is -1.53. The molecule has 0 amide bonds. The van der Waals surface area contributed by atoms with Gasteiger partial charge in [0, 0.05) is 10.6 Å². The molecule has 2 rings (SSSR count). The predicted molar refractivity (Wildman–Crippen MR) is 101 cm³/mol. The second-order valence-electron chi connectivity index (χ2n) is 7.41. The van der Waals surface area contributed by atoms with Crippen LogP contribution in [-0.2, 0) is 0 Å². The predicted octanol–water partition coefficient (Wildman–Crippen LogP) is 4.56. The van der Waals surface area contributed by atoms with Gasteiger partial charge in [-0.05, 0) is 75.2 Å². The van der Waals surface area contributed by atoms with Crippen molar-refractivity contribution in [3.05, 3.63) is 46.5 Å². The molecule has 124 valence electrons. The van der Waals surface area contributed by atoms with Gasteiger partial charge in [0.25, 0.3) is 0 Å². The van der Waals surface area contributed by atoms with Gasteiger partial charge >= 0.3 is 0 Å². The lowest BCUT2D eigenvalue weighted by Crippen LogP contribution is -2.27. The smallest absolute Gasteiger partial charge is 0.126 e. The number of hydrogen-bond donors (Lipinski definition) is 2. The van der Waals surface area contributed by atoms with Crippen molar-refractivity contribution in [1.82, 2.24) is 0 Å². The largest absolute Gasteiger partial charge is 0.507 e. The van der Waals surface area contributed by atoms with Crippen LogP contribution in [0.4, 0.5) is 0 Å². The van der Waals surface area contributed by atoms with E-state index in [-0.39, 0.29) is 5.16 Å². The van der Waals surface area contributed by atoms with Gasteiger partial charge in [-0.3, -0.25) is 0 Å². The minimum atomic E-state index is -0.898. The number of aromatic hydroxyl groups is 2. The summed E-state index contributed by atoms with van der Waals surface area (Å²) in [6.07, 6.45) is 0. The van der Waals surface area contributed by atoms with Crippen molar-refractivity contribution in [1.29, 1.82) is 0 Å². The average molecular weight is 330 g/mol. The van der Waals surface area contributed by atoms with E-state index >= 15 is 0 Å². The first kappa shape index (κ1) is 17.8. The summed E-state index contributed by atoms with van der Waals surface area (Å²) in [6.45, 7) is 14.5. The first-order valence-electron chi connectivity index (χ1n) is 7.93. The number of phenolic OH excluding ortho intramolecular Hbond substituents is 2. The fourth-order valence-electron chi connectivity index (χ4n) is 3.07. The molecule has 0 bridgehead atoms. The van der Waals surface area contributed by atoms with Crippen molar-refractivity contribution in [2.75, 3.05) is 0 Å². The summed E-state index contributed by atoms with van der Waals surface area (Å²) in [7, 11) is -0.898. The van der Waals surface area contributed by atoms with Crippen molar-refractivity contribution in [2.24, 2.45) is 0 Å². The number of benzene rings is 2. The summed E-state index contributed by atoms with van der Waals surface area (Å²) in [5.74, 6) is 0.713. The van der Waals surface area contributed by atoms with Crippen LogP contribution in [0.15, 0.2) is 24.3 Å². The lowest BCUT2D eigenvalue weighted by atomic mass is 10.1. The number of rotatable bonds is 2. The molecular weight excluding hydrogens is 303 g/mol. The summed E-state index contributed by atoms with van der Waals surface area (Å²) in [4.78, 5) is 0. The molecular formula is C20H27O2P. The van der Waals surface area contributed by atoms with Crippen LogP contribution in [0.25, 0.3) is 0 Å². The van der Waals surface area contributed by atoms with Crippen LogP contribution in [0.2, 0.25) is 0 Å². The Morgan fingerprint density at radius 1 is 0.696 bits per heavy atom. The van der Waals surface area contributed by atoms with Gasteiger partial charge in [-0.25, -0.2) is 0 Å². The van der Waals surface area contributed by atoms with Crippen LogP contribution in [0.3, 0.4) is 0 Å². The van der Waals surface area contributed by atoms with E-state index in [0.717, 1.165) is 32.9 Å². The zero-order valence-electron chi connectivity index (χ0n) is 15.2. The Kier molecular flexibility index (Phi) is 4.78. The molecule has 23 heavy (non-hydrogen) atoms. The third-order valence-electron chi connectivity index (χ3n) is 4.00. The average Bonchev–Trinajstić information content (AvgIpc) is 2.39. The molecule has 0 heterocycles. The molecule has 0 radical (unpaired) electrons. The second kappa shape index (κ2) is 6.17. The minimum Gasteiger partial charge on any atom is -0.507 e. The minimum absolute atomic E-state index is 0.0786. The van der Waals surface area contributed by atoms with Gasteiger partial charge in [0.15, 0.2) is 0 Å². The van der Waals surface area contributed by atoms with Gasteiger partial charge < -0.3 is 10.2 Å². The van der Waals surface area contributed by atoms with Crippen LogP contribution < -0.4 is 10.6 Å². The van der Waals surface area contributed by atoms with E-state index < -0.39 is 7.92 Å². The van der Waals surface area contributed by atoms with Crippen LogP contribution in [0.1, 0.15) is 43.0 Å². The van der Waals surface area contributed by atoms with Gasteiger partial charge in [-0.1, -0.05) is 32.9 Å². The molecule has 2 nitrogen and oxygen atoms in total. The van der Waals surface area contributed by atoms with E-state index in [1.165, 1.54) is 0 Å². The molecule has 0 unspecified atom stereocenters. The summed E-state index contributed by atoms with van der Waals surface area (Å²) >= 11 is 0. The lowest BCUT2D eigenvalue weighted by Gasteiger charge is -2.34. The maximum absolute atomic E-state index is 10.7. The second-order valence-corrected chi connectivity index (χ2v) is 10.4. The maximum atomic E-state index is 10.7. The molecule has 0 aliphatic rings. The number of aryl methyl sites for hydroxylation is 4. The molecule has 0 saturated heterocycles. The lowest BCUT2D eigenvalue weighted by molar-refractivity contribution is 0.474. The molecule has 0 saturated carbocycles. The van der Waals surface area contributed by atoms with E-state index in [4.69, 9.17) is 0 Å². The summed E-state index contributed by atoms with van der Waals surface area (Å²) in [6, 6.07) is 8.12. The normalized spacial score (nSPS) is 12.0. The van der Waals surface area contributed by atoms with E-state index in [9.17, 15) is 10.2 Å². The van der Waals surface area contributed by atoms with Gasteiger partial charge in [0.1, 0.15) is 11.5 Å². The van der Waals surface area contributed by atoms with Crippen molar-refractivity contribution >= 4 is 18.5 Å². The maximum Gasteiger partial charge on any atom is 0.126 e. The molecule has 0 aromatic heterocycles. The SMILES string of the molecule is Cc1cc(C)c(O)c(P(c2cc(C)cc(C)c2O)C(C)(C)C)c1. The molecule has 2 N–H and O–H groups in total. The Bertz CT molecular complexity index is 685. The zero-order chi connectivity index (χ0) is 17.5. The number of hydrogen-bond acceptors (Lipinski definition) is 2. The summed E-state index contributed by atoms with van der Waals surface area (Å²) in [5, 5.41) is 23.2. The monoisotopic (exact) mass is 330 g/mol. The fraction of sp³-hybridized carbons (Fsp3) is 0.400. The van der Waals surface area contributed by atoms with E-state index in [1.807, 2.05) is 39.8 Å². The van der Waals surface area contributed by atoms with Crippen molar-refractivity contribution in [2.45, 2.75) is 53.6 Å². The van der Waals surface area contributed by atoms with Gasteiger partial charge in [0.2, 0.25) is 0 Å². The molecule has 2 aromatic rings. The third-order valence-corrected chi connectivity index (χ3v) is 6.99. The summed E-state index contributed by atoms with van der Waals surface area (Å²) < 4.78 is 0. The van der Waals surface area contributed by atoms with E-state index in [1.54, 1.807) is 0 Å². The van der Waals surface area contributed by atoms with Crippen molar-refractivity contribution in [3.63, 3.8) is 0 Å². The van der Waals surface area contributed by atoms with E-state index in [0.29, 0.717) is 11.5 Å². The van der Waals surface area contributed by atoms with Crippen LogP contribution in [-0.4, -0.2) is 15.4 Å². The molecule has 0 fully saturated rings. The van der Waals surface area contributed by atoms with Crippen molar-refractivity contribution in [3.8, 4) is 11.5 Å². The first-order chi connectivity index (χ1) is 10.5. The van der Waals surface area contributed by atoms with Crippen LogP contribution in [0, 0.1) is 27.7 Å². The molecule has 0 spiro atoms. The van der Waals surface area contributed by atoms with Crippen molar-refractivity contribution < 1.29 is 10.2 Å². The standard InChI is InChI=1S/C20H27O2P/c1-12-8-14(3)18(21)16(10-12)23(20(5,6)7)17-11-13(2)9-15(4)19(17)22/h8-11,21-22H,1-7H3. The van der Waals surface area contributed by atoms with Gasteiger partial charge in [0.05, 0.1) is 0 Å². The number of phenols is 2. The Morgan fingerprint density at radius 3 is 1.35 bits per heavy atom. The molecule has 0 aliphatic heterocycles. The quantitative estimate of drug-likeness (QED) is 0.792. The van der Waals surface area contributed by atoms with Gasteiger partial charge in [-0.2, -0.15) is 0 Å². The highest BCUT2D eigenvalue weighted by Crippen LogP contribution is 2.52. The third kappa shape index (κ3) is 3.53. The molecule has 0 aliphatic carbocycles. The molecule has 0 atom stereocenters. The van der Waals surface area contributed by atoms with E-state index in [2.05, 4.69) is 32.9 Å². The fourth-order valence-corrected chi connectivity index (χ4v) is 6.22.